The summed E-state index contributed by atoms with van der Waals surface area (Å²) in [7, 11) is 1.69. The van der Waals surface area contributed by atoms with Gasteiger partial charge in [-0.05, 0) is 30.5 Å². The molecule has 1 aromatic heterocycles. The number of hydrogen-bond donors (Lipinski definition) is 2. The third-order valence-electron chi connectivity index (χ3n) is 5.48. The minimum absolute atomic E-state index is 0.0785. The molecule has 2 saturated heterocycles. The smallest absolute Gasteiger partial charge is 0.290 e. The topological polar surface area (TPSA) is 121 Å². The van der Waals surface area contributed by atoms with Gasteiger partial charge in [0.15, 0.2) is 5.69 Å². The van der Waals surface area contributed by atoms with Gasteiger partial charge in [-0.2, -0.15) is 15.4 Å². The molecule has 0 atom stereocenters. The van der Waals surface area contributed by atoms with Gasteiger partial charge in [-0.15, -0.1) is 0 Å². The third-order valence-corrected chi connectivity index (χ3v) is 5.48. The van der Waals surface area contributed by atoms with E-state index < -0.39 is 0 Å². The number of morpholine rings is 1. The Hall–Kier alpha value is -2.98. The molecule has 4 rings (SSSR count). The quantitative estimate of drug-likeness (QED) is 0.708. The van der Waals surface area contributed by atoms with Gasteiger partial charge in [-0.25, -0.2) is 0 Å². The molecular formula is C20H27N5O5. The van der Waals surface area contributed by atoms with Crippen LogP contribution >= 0.6 is 0 Å². The highest BCUT2D eigenvalue weighted by molar-refractivity contribution is 5.92. The number of aromatic nitrogens is 3. The summed E-state index contributed by atoms with van der Waals surface area (Å²) in [5.41, 5.74) is 1.36. The van der Waals surface area contributed by atoms with Crippen molar-refractivity contribution < 1.29 is 24.2 Å². The molecule has 2 aromatic rings. The lowest BCUT2D eigenvalue weighted by molar-refractivity contribution is -0.128. The predicted molar refractivity (Wildman–Crippen MR) is 107 cm³/mol. The van der Waals surface area contributed by atoms with Crippen LogP contribution in [0.5, 0.6) is 5.75 Å². The summed E-state index contributed by atoms with van der Waals surface area (Å²) in [4.78, 5) is 25.2. The fourth-order valence-electron chi connectivity index (χ4n) is 3.94. The molecular weight excluding hydrogens is 390 g/mol. The van der Waals surface area contributed by atoms with E-state index in [-0.39, 0.29) is 18.0 Å². The molecule has 0 unspecified atom stereocenters. The number of H-pyrrole nitrogens is 1. The fourth-order valence-corrected chi connectivity index (χ4v) is 3.94. The number of nitrogens with zero attached hydrogens (tertiary/aromatic N) is 4. The monoisotopic (exact) mass is 417 g/mol. The molecule has 2 N–H and O–H groups in total. The average molecular weight is 417 g/mol. The predicted octanol–water partition coefficient (Wildman–Crippen LogP) is 1.02. The Balaban J connectivity index is 0.000000806. The molecule has 0 aliphatic carbocycles. The first-order valence-electron chi connectivity index (χ1n) is 9.81. The zero-order valence-corrected chi connectivity index (χ0v) is 17.0. The van der Waals surface area contributed by atoms with E-state index in [2.05, 4.69) is 32.4 Å². The Morgan fingerprint density at radius 1 is 1.37 bits per heavy atom. The second-order valence-electron chi connectivity index (χ2n) is 7.35. The number of nitrogens with one attached hydrogen (secondary N) is 1. The van der Waals surface area contributed by atoms with E-state index in [1.807, 2.05) is 17.0 Å². The van der Waals surface area contributed by atoms with Crippen molar-refractivity contribution in [1.82, 2.24) is 25.2 Å². The van der Waals surface area contributed by atoms with E-state index in [1.54, 1.807) is 7.11 Å². The highest BCUT2D eigenvalue weighted by Gasteiger charge is 2.41. The van der Waals surface area contributed by atoms with Crippen LogP contribution in [0.25, 0.3) is 0 Å². The Morgan fingerprint density at radius 3 is 2.80 bits per heavy atom. The molecule has 2 aliphatic rings. The lowest BCUT2D eigenvalue weighted by atomic mass is 9.89. The highest BCUT2D eigenvalue weighted by atomic mass is 16.5. The third kappa shape index (κ3) is 5.33. The van der Waals surface area contributed by atoms with Crippen molar-refractivity contribution in [2.24, 2.45) is 0 Å². The highest BCUT2D eigenvalue weighted by Crippen LogP contribution is 2.31. The number of aromatic amines is 1. The number of methoxy groups -OCH3 is 1. The van der Waals surface area contributed by atoms with Crippen LogP contribution in [0, 0.1) is 0 Å². The molecule has 0 saturated carbocycles. The van der Waals surface area contributed by atoms with Gasteiger partial charge < -0.3 is 19.5 Å². The Kier molecular flexibility index (Phi) is 7.36. The summed E-state index contributed by atoms with van der Waals surface area (Å²) in [6.07, 6.45) is 3.31. The number of rotatable bonds is 4. The van der Waals surface area contributed by atoms with Crippen molar-refractivity contribution in [2.45, 2.75) is 25.0 Å². The number of hydrogen-bond acceptors (Lipinski definition) is 7. The maximum Gasteiger partial charge on any atom is 0.290 e. The van der Waals surface area contributed by atoms with E-state index in [9.17, 15) is 4.79 Å². The van der Waals surface area contributed by atoms with Crippen molar-refractivity contribution in [1.29, 1.82) is 0 Å². The number of benzene rings is 1. The normalized spacial score (nSPS) is 18.4. The summed E-state index contributed by atoms with van der Waals surface area (Å²) in [5, 5.41) is 17.0. The van der Waals surface area contributed by atoms with Gasteiger partial charge in [0.25, 0.3) is 12.4 Å². The van der Waals surface area contributed by atoms with Crippen LogP contribution in [0.15, 0.2) is 30.5 Å². The number of likely N-dealkylation sites (tertiary alicyclic amines) is 1. The molecule has 10 heteroatoms. The summed E-state index contributed by atoms with van der Waals surface area (Å²) >= 11 is 0. The zero-order valence-electron chi connectivity index (χ0n) is 17.0. The van der Waals surface area contributed by atoms with Gasteiger partial charge in [0, 0.05) is 26.2 Å². The number of piperidine rings is 1. The maximum atomic E-state index is 12.6. The van der Waals surface area contributed by atoms with E-state index in [1.165, 1.54) is 11.8 Å². The van der Waals surface area contributed by atoms with Crippen LogP contribution < -0.4 is 4.74 Å². The molecule has 1 aromatic carbocycles. The molecule has 0 radical (unpaired) electrons. The van der Waals surface area contributed by atoms with Crippen LogP contribution in [0.1, 0.15) is 28.9 Å². The molecule has 3 heterocycles. The minimum Gasteiger partial charge on any atom is -0.497 e. The Labute approximate surface area is 174 Å². The van der Waals surface area contributed by atoms with Crippen LogP contribution in [0.4, 0.5) is 0 Å². The molecule has 30 heavy (non-hydrogen) atoms. The van der Waals surface area contributed by atoms with Crippen molar-refractivity contribution in [3.63, 3.8) is 0 Å². The van der Waals surface area contributed by atoms with Gasteiger partial charge in [-0.3, -0.25) is 14.5 Å². The summed E-state index contributed by atoms with van der Waals surface area (Å²) < 4.78 is 11.5. The maximum absolute atomic E-state index is 12.6. The lowest BCUT2D eigenvalue weighted by Crippen LogP contribution is -2.58. The van der Waals surface area contributed by atoms with Crippen LogP contribution in [0.2, 0.25) is 0 Å². The van der Waals surface area contributed by atoms with Crippen molar-refractivity contribution in [3.05, 3.63) is 41.7 Å². The fraction of sp³-hybridized carbons (Fsp3) is 0.500. The molecule has 1 amide bonds. The van der Waals surface area contributed by atoms with Crippen LogP contribution in [0.3, 0.4) is 0 Å². The lowest BCUT2D eigenvalue weighted by Gasteiger charge is -2.47. The molecule has 2 fully saturated rings. The minimum atomic E-state index is -0.250. The number of amides is 1. The van der Waals surface area contributed by atoms with Crippen molar-refractivity contribution in [2.75, 3.05) is 39.9 Å². The van der Waals surface area contributed by atoms with Gasteiger partial charge in [0.2, 0.25) is 0 Å². The number of carbonyl (C=O) groups is 2. The molecule has 2 aliphatic heterocycles. The zero-order chi connectivity index (χ0) is 21.4. The summed E-state index contributed by atoms with van der Waals surface area (Å²) in [5.74, 6) is 0.809. The molecule has 0 bridgehead atoms. The van der Waals surface area contributed by atoms with E-state index in [0.29, 0.717) is 25.4 Å². The van der Waals surface area contributed by atoms with Gasteiger partial charge in [-0.1, -0.05) is 12.1 Å². The van der Waals surface area contributed by atoms with Gasteiger partial charge in [0.05, 0.1) is 32.1 Å². The number of ether oxygens (including phenoxy) is 2. The molecule has 10 nitrogen and oxygen atoms in total. The first-order chi connectivity index (χ1) is 14.6. The number of carbonyl (C=O) groups excluding carboxylic acids is 1. The van der Waals surface area contributed by atoms with E-state index in [4.69, 9.17) is 19.4 Å². The average Bonchev–Trinajstić information content (AvgIpc) is 3.31. The van der Waals surface area contributed by atoms with Crippen molar-refractivity contribution in [3.8, 4) is 5.75 Å². The first kappa shape index (κ1) is 21.7. The Morgan fingerprint density at radius 2 is 2.13 bits per heavy atom. The van der Waals surface area contributed by atoms with Gasteiger partial charge in [0.1, 0.15) is 5.75 Å². The van der Waals surface area contributed by atoms with E-state index in [0.717, 1.165) is 38.2 Å². The van der Waals surface area contributed by atoms with E-state index >= 15 is 0 Å². The van der Waals surface area contributed by atoms with Crippen LogP contribution in [-0.4, -0.2) is 88.2 Å². The molecule has 162 valence electrons. The largest absolute Gasteiger partial charge is 0.497 e. The summed E-state index contributed by atoms with van der Waals surface area (Å²) in [6.45, 7) is 4.33. The second kappa shape index (κ2) is 10.2. The second-order valence-corrected chi connectivity index (χ2v) is 7.35. The standard InChI is InChI=1S/C19H25N5O3.CH2O2/c1-26-16-4-2-3-15(11-16)13-23-7-5-19(6-8-23)14-24(9-10-27-19)18(25)17-12-20-22-21-17;2-1-3/h2-4,11-12H,5-10,13-14H2,1H3,(H,20,21,22);1H,(H,2,3). The number of carboxylic acid groups (broad SMARTS) is 1. The summed E-state index contributed by atoms with van der Waals surface area (Å²) in [6, 6.07) is 8.20. The first-order valence-corrected chi connectivity index (χ1v) is 9.81. The van der Waals surface area contributed by atoms with Crippen molar-refractivity contribution >= 4 is 12.4 Å². The van der Waals surface area contributed by atoms with Crippen LogP contribution in [-0.2, 0) is 16.1 Å². The Bertz CT molecular complexity index is 821. The van der Waals surface area contributed by atoms with Gasteiger partial charge >= 0.3 is 0 Å². The molecule has 1 spiro atoms. The SMILES string of the molecule is COc1cccc(CN2CCC3(CC2)CN(C(=O)c2cn[nH]n2)CCO3)c1.O=CO.